The molecule has 2 aromatic rings. The van der Waals surface area contributed by atoms with Crippen molar-refractivity contribution < 1.29 is 4.79 Å². The summed E-state index contributed by atoms with van der Waals surface area (Å²) >= 11 is 0. The third-order valence-corrected chi connectivity index (χ3v) is 2.52. The van der Waals surface area contributed by atoms with Crippen molar-refractivity contribution >= 4 is 17.3 Å². The number of rotatable bonds is 3. The van der Waals surface area contributed by atoms with Crippen molar-refractivity contribution in [3.05, 3.63) is 35.9 Å². The first-order valence-corrected chi connectivity index (χ1v) is 5.66. The Morgan fingerprint density at radius 1 is 1.44 bits per heavy atom. The smallest absolute Gasteiger partial charge is 0.276 e. The van der Waals surface area contributed by atoms with Gasteiger partial charge in [-0.3, -0.25) is 14.5 Å². The number of anilines is 2. The normalized spacial score (nSPS) is 10.3. The third-order valence-electron chi connectivity index (χ3n) is 2.52. The summed E-state index contributed by atoms with van der Waals surface area (Å²) in [5.41, 5.74) is 8.10. The molecule has 2 heterocycles. The molecule has 0 atom stereocenters. The van der Waals surface area contributed by atoms with Gasteiger partial charge < -0.3 is 11.1 Å². The first-order chi connectivity index (χ1) is 8.61. The molecular formula is C12H15N5O. The number of amides is 1. The van der Waals surface area contributed by atoms with Gasteiger partial charge in [-0.15, -0.1) is 0 Å². The zero-order valence-corrected chi connectivity index (χ0v) is 10.3. The molecule has 2 aromatic heterocycles. The highest BCUT2D eigenvalue weighted by atomic mass is 16.2. The summed E-state index contributed by atoms with van der Waals surface area (Å²) in [5, 5.41) is 6.79. The van der Waals surface area contributed by atoms with Crippen molar-refractivity contribution in [3.8, 4) is 0 Å². The number of carbonyl (C=O) groups excluding carboxylic acids is 1. The van der Waals surface area contributed by atoms with Crippen LogP contribution in [0.1, 0.15) is 23.0 Å². The van der Waals surface area contributed by atoms with Crippen LogP contribution in [0.3, 0.4) is 0 Å². The minimum absolute atomic E-state index is 0.278. The number of carbonyl (C=O) groups is 1. The van der Waals surface area contributed by atoms with E-state index in [1.165, 1.54) is 6.20 Å². The van der Waals surface area contributed by atoms with E-state index in [0.29, 0.717) is 23.6 Å². The highest BCUT2D eigenvalue weighted by Gasteiger charge is 2.16. The third kappa shape index (κ3) is 2.32. The minimum atomic E-state index is -0.278. The van der Waals surface area contributed by atoms with Gasteiger partial charge in [0.15, 0.2) is 0 Å². The highest BCUT2D eigenvalue weighted by Crippen LogP contribution is 2.14. The van der Waals surface area contributed by atoms with E-state index in [9.17, 15) is 4.79 Å². The zero-order valence-electron chi connectivity index (χ0n) is 10.3. The van der Waals surface area contributed by atoms with Crippen LogP contribution >= 0.6 is 0 Å². The molecule has 3 N–H and O–H groups in total. The number of nitrogen functional groups attached to an aromatic ring is 1. The molecule has 94 valence electrons. The molecule has 0 aliphatic rings. The maximum absolute atomic E-state index is 12.1. The molecule has 2 rings (SSSR count). The van der Waals surface area contributed by atoms with Gasteiger partial charge in [-0.05, 0) is 25.5 Å². The van der Waals surface area contributed by atoms with Gasteiger partial charge in [-0.1, -0.05) is 0 Å². The lowest BCUT2D eigenvalue weighted by molar-refractivity contribution is 0.101. The van der Waals surface area contributed by atoms with Crippen LogP contribution in [0, 0.1) is 6.92 Å². The summed E-state index contributed by atoms with van der Waals surface area (Å²) in [7, 11) is 0. The van der Waals surface area contributed by atoms with Gasteiger partial charge in [0.25, 0.3) is 5.91 Å². The van der Waals surface area contributed by atoms with Crippen molar-refractivity contribution in [3.63, 3.8) is 0 Å². The van der Waals surface area contributed by atoms with Crippen LogP contribution in [0.15, 0.2) is 24.7 Å². The van der Waals surface area contributed by atoms with E-state index >= 15 is 0 Å². The second-order valence-electron chi connectivity index (χ2n) is 3.97. The average Bonchev–Trinajstić information content (AvgIpc) is 2.70. The van der Waals surface area contributed by atoms with Crippen LogP contribution in [-0.2, 0) is 6.54 Å². The number of nitrogens with two attached hydrogens (primary N) is 1. The number of nitrogens with one attached hydrogen (secondary N) is 1. The monoisotopic (exact) mass is 245 g/mol. The first kappa shape index (κ1) is 12.1. The number of nitrogens with zero attached hydrogens (tertiary/aromatic N) is 3. The van der Waals surface area contributed by atoms with Crippen LogP contribution in [-0.4, -0.2) is 20.7 Å². The van der Waals surface area contributed by atoms with E-state index in [1.54, 1.807) is 17.1 Å². The molecule has 6 nitrogen and oxygen atoms in total. The molecule has 0 radical (unpaired) electrons. The molecule has 0 aliphatic carbocycles. The Kier molecular flexibility index (Phi) is 3.27. The maximum atomic E-state index is 12.1. The minimum Gasteiger partial charge on any atom is -0.396 e. The van der Waals surface area contributed by atoms with E-state index in [-0.39, 0.29) is 5.91 Å². The highest BCUT2D eigenvalue weighted by molar-refractivity contribution is 6.06. The molecule has 1 amide bonds. The van der Waals surface area contributed by atoms with Gasteiger partial charge in [0.2, 0.25) is 0 Å². The summed E-state index contributed by atoms with van der Waals surface area (Å²) in [5.74, 6) is -0.278. The number of aromatic nitrogens is 3. The lowest BCUT2D eigenvalue weighted by Gasteiger charge is -2.07. The van der Waals surface area contributed by atoms with E-state index < -0.39 is 0 Å². The average molecular weight is 245 g/mol. The van der Waals surface area contributed by atoms with Crippen molar-refractivity contribution in [2.45, 2.75) is 20.4 Å². The number of aryl methyl sites for hydroxylation is 2. The van der Waals surface area contributed by atoms with Gasteiger partial charge in [-0.25, -0.2) is 0 Å². The number of hydrogen-bond acceptors (Lipinski definition) is 4. The number of pyridine rings is 1. The van der Waals surface area contributed by atoms with Crippen LogP contribution in [0.25, 0.3) is 0 Å². The summed E-state index contributed by atoms with van der Waals surface area (Å²) in [4.78, 5) is 16.1. The molecule has 0 spiro atoms. The summed E-state index contributed by atoms with van der Waals surface area (Å²) in [6.45, 7) is 4.40. The van der Waals surface area contributed by atoms with Crippen LogP contribution in [0.5, 0.6) is 0 Å². The lowest BCUT2D eigenvalue weighted by Crippen LogP contribution is -2.19. The Morgan fingerprint density at radius 3 is 2.89 bits per heavy atom. The number of hydrogen-bond donors (Lipinski definition) is 2. The van der Waals surface area contributed by atoms with E-state index in [1.807, 2.05) is 19.9 Å². The Morgan fingerprint density at radius 2 is 2.22 bits per heavy atom. The fraction of sp³-hybridized carbons (Fsp3) is 0.250. The fourth-order valence-electron chi connectivity index (χ4n) is 1.70. The largest absolute Gasteiger partial charge is 0.396 e. The predicted molar refractivity (Wildman–Crippen MR) is 69.2 cm³/mol. The molecule has 0 aliphatic heterocycles. The molecular weight excluding hydrogens is 230 g/mol. The SMILES string of the molecule is CCn1ncc(N)c1C(=O)Nc1cncc(C)c1. The van der Waals surface area contributed by atoms with Gasteiger partial charge in [0.05, 0.1) is 23.8 Å². The Labute approximate surface area is 105 Å². The van der Waals surface area contributed by atoms with Crippen molar-refractivity contribution in [1.82, 2.24) is 14.8 Å². The van der Waals surface area contributed by atoms with Gasteiger partial charge in [0.1, 0.15) is 5.69 Å². The fourth-order valence-corrected chi connectivity index (χ4v) is 1.70. The summed E-state index contributed by atoms with van der Waals surface area (Å²) in [6.07, 6.45) is 4.79. The standard InChI is InChI=1S/C12H15N5O/c1-3-17-11(10(13)7-15-17)12(18)16-9-4-8(2)5-14-6-9/h4-7H,3,13H2,1-2H3,(H,16,18). The van der Waals surface area contributed by atoms with E-state index in [4.69, 9.17) is 5.73 Å². The Bertz CT molecular complexity index is 576. The van der Waals surface area contributed by atoms with Crippen molar-refractivity contribution in [2.24, 2.45) is 0 Å². The molecule has 0 saturated carbocycles. The second-order valence-corrected chi connectivity index (χ2v) is 3.97. The molecule has 0 saturated heterocycles. The molecule has 0 fully saturated rings. The Hall–Kier alpha value is -2.37. The molecule has 18 heavy (non-hydrogen) atoms. The van der Waals surface area contributed by atoms with Crippen LogP contribution < -0.4 is 11.1 Å². The summed E-state index contributed by atoms with van der Waals surface area (Å²) in [6, 6.07) is 1.84. The second kappa shape index (κ2) is 4.87. The zero-order chi connectivity index (χ0) is 13.1. The van der Waals surface area contributed by atoms with E-state index in [2.05, 4.69) is 15.4 Å². The van der Waals surface area contributed by atoms with Crippen LogP contribution in [0.2, 0.25) is 0 Å². The lowest BCUT2D eigenvalue weighted by atomic mass is 10.3. The maximum Gasteiger partial charge on any atom is 0.276 e. The van der Waals surface area contributed by atoms with E-state index in [0.717, 1.165) is 5.56 Å². The molecule has 6 heteroatoms. The topological polar surface area (TPSA) is 85.8 Å². The van der Waals surface area contributed by atoms with Gasteiger partial charge in [0, 0.05) is 12.7 Å². The van der Waals surface area contributed by atoms with Crippen LogP contribution in [0.4, 0.5) is 11.4 Å². The quantitative estimate of drug-likeness (QED) is 0.856. The van der Waals surface area contributed by atoms with Gasteiger partial charge >= 0.3 is 0 Å². The van der Waals surface area contributed by atoms with Crippen molar-refractivity contribution in [2.75, 3.05) is 11.1 Å². The van der Waals surface area contributed by atoms with Gasteiger partial charge in [-0.2, -0.15) is 5.10 Å². The predicted octanol–water partition coefficient (Wildman–Crippen LogP) is 1.44. The molecule has 0 unspecified atom stereocenters. The Balaban J connectivity index is 2.24. The molecule has 0 bridgehead atoms. The molecule has 0 aromatic carbocycles. The summed E-state index contributed by atoms with van der Waals surface area (Å²) < 4.78 is 1.56. The first-order valence-electron chi connectivity index (χ1n) is 5.66. The van der Waals surface area contributed by atoms with Crippen molar-refractivity contribution in [1.29, 1.82) is 0 Å².